The summed E-state index contributed by atoms with van der Waals surface area (Å²) in [7, 11) is 0. The molecule has 1 saturated heterocycles. The first-order chi connectivity index (χ1) is 15.6. The summed E-state index contributed by atoms with van der Waals surface area (Å²) >= 11 is 5.80. The van der Waals surface area contributed by atoms with E-state index in [-0.39, 0.29) is 17.8 Å². The van der Waals surface area contributed by atoms with Crippen molar-refractivity contribution in [3.8, 4) is 11.3 Å². The molecule has 0 bridgehead atoms. The number of furan rings is 1. The van der Waals surface area contributed by atoms with Crippen molar-refractivity contribution in [1.29, 1.82) is 0 Å². The molecular formula is C24H24N4O3S. The average molecular weight is 449 g/mol. The van der Waals surface area contributed by atoms with Gasteiger partial charge in [-0.3, -0.25) is 15.1 Å². The third-order valence-corrected chi connectivity index (χ3v) is 6.71. The molecule has 1 aliphatic heterocycles. The fraction of sp³-hybridized carbons (Fsp3) is 0.333. The van der Waals surface area contributed by atoms with Crippen LogP contribution in [0.2, 0.25) is 0 Å². The molecule has 2 fully saturated rings. The number of hydrogen-bond donors (Lipinski definition) is 1. The number of thiocarbonyl (C=S) groups is 1. The highest BCUT2D eigenvalue weighted by atomic mass is 32.1. The van der Waals surface area contributed by atoms with E-state index in [1.165, 1.54) is 31.4 Å². The Morgan fingerprint density at radius 1 is 1.06 bits per heavy atom. The standard InChI is InChI=1S/C24H24N4O3S/c29-28(30)18-11-9-16(10-12-18)20-13-14-21(31-20)23-22(19-8-4-5-15-25-19)26-24(32)27(23)17-6-2-1-3-7-17/h4-5,8-15,17,22-23H,1-3,6-7H2,(H,26,32)/t22-,23+/m0/s1. The molecule has 3 heterocycles. The van der Waals surface area contributed by atoms with Gasteiger partial charge < -0.3 is 14.6 Å². The summed E-state index contributed by atoms with van der Waals surface area (Å²) in [5.74, 6) is 1.49. The van der Waals surface area contributed by atoms with Gasteiger partial charge in [-0.1, -0.05) is 25.3 Å². The van der Waals surface area contributed by atoms with Crippen LogP contribution in [0.3, 0.4) is 0 Å². The topological polar surface area (TPSA) is 84.4 Å². The average Bonchev–Trinajstić information content (AvgIpc) is 3.45. The van der Waals surface area contributed by atoms with Crippen molar-refractivity contribution in [2.75, 3.05) is 0 Å². The van der Waals surface area contributed by atoms with Crippen LogP contribution in [0, 0.1) is 10.1 Å². The molecule has 1 aromatic carbocycles. The maximum atomic E-state index is 11.0. The SMILES string of the molecule is O=[N+]([O-])c1ccc(-c2ccc([C@@H]3[C@H](c4ccccn4)NC(=S)N3C3CCCCC3)o2)cc1. The molecule has 2 aliphatic rings. The number of aromatic nitrogens is 1. The molecule has 32 heavy (non-hydrogen) atoms. The predicted octanol–water partition coefficient (Wildman–Crippen LogP) is 5.56. The van der Waals surface area contributed by atoms with Crippen LogP contribution in [0.25, 0.3) is 11.3 Å². The number of non-ortho nitro benzene ring substituents is 1. The van der Waals surface area contributed by atoms with Gasteiger partial charge in [0.25, 0.3) is 5.69 Å². The summed E-state index contributed by atoms with van der Waals surface area (Å²) in [6, 6.07) is 16.4. The van der Waals surface area contributed by atoms with Gasteiger partial charge in [0.15, 0.2) is 5.11 Å². The van der Waals surface area contributed by atoms with Crippen molar-refractivity contribution in [2.24, 2.45) is 0 Å². The van der Waals surface area contributed by atoms with Crippen LogP contribution < -0.4 is 5.32 Å². The quantitative estimate of drug-likeness (QED) is 0.311. The van der Waals surface area contributed by atoms with Gasteiger partial charge in [-0.25, -0.2) is 0 Å². The van der Waals surface area contributed by atoms with Crippen molar-refractivity contribution in [3.05, 3.63) is 82.4 Å². The van der Waals surface area contributed by atoms with Gasteiger partial charge in [-0.15, -0.1) is 0 Å². The summed E-state index contributed by atoms with van der Waals surface area (Å²) in [4.78, 5) is 17.5. The lowest BCUT2D eigenvalue weighted by atomic mass is 9.92. The Labute approximate surface area is 191 Å². The Morgan fingerprint density at radius 2 is 1.84 bits per heavy atom. The molecule has 7 nitrogen and oxygen atoms in total. The molecule has 8 heteroatoms. The fourth-order valence-electron chi connectivity index (χ4n) is 4.84. The molecule has 0 spiro atoms. The number of hydrogen-bond acceptors (Lipinski definition) is 5. The second-order valence-corrected chi connectivity index (χ2v) is 8.72. The Morgan fingerprint density at radius 3 is 2.53 bits per heavy atom. The van der Waals surface area contributed by atoms with E-state index in [2.05, 4.69) is 15.2 Å². The van der Waals surface area contributed by atoms with Gasteiger partial charge in [0.1, 0.15) is 17.6 Å². The van der Waals surface area contributed by atoms with Crippen LogP contribution in [-0.2, 0) is 0 Å². The number of nitrogens with one attached hydrogen (secondary N) is 1. The highest BCUT2D eigenvalue weighted by Crippen LogP contribution is 2.43. The Balaban J connectivity index is 1.51. The maximum Gasteiger partial charge on any atom is 0.269 e. The highest BCUT2D eigenvalue weighted by Gasteiger charge is 2.44. The van der Waals surface area contributed by atoms with Crippen LogP contribution in [0.4, 0.5) is 5.69 Å². The Hall–Kier alpha value is -3.26. The number of pyridine rings is 1. The van der Waals surface area contributed by atoms with Crippen molar-refractivity contribution in [3.63, 3.8) is 0 Å². The van der Waals surface area contributed by atoms with Gasteiger partial charge in [-0.2, -0.15) is 0 Å². The molecule has 2 aromatic heterocycles. The summed E-state index contributed by atoms with van der Waals surface area (Å²) in [5.41, 5.74) is 1.78. The first-order valence-corrected chi connectivity index (χ1v) is 11.4. The van der Waals surface area contributed by atoms with Crippen LogP contribution in [0.5, 0.6) is 0 Å². The smallest absolute Gasteiger partial charge is 0.269 e. The van der Waals surface area contributed by atoms with Crippen LogP contribution in [0.15, 0.2) is 65.2 Å². The number of nitrogens with zero attached hydrogens (tertiary/aromatic N) is 3. The van der Waals surface area contributed by atoms with E-state index >= 15 is 0 Å². The number of nitro benzene ring substituents is 1. The minimum atomic E-state index is -0.401. The van der Waals surface area contributed by atoms with E-state index in [0.29, 0.717) is 11.8 Å². The molecule has 164 valence electrons. The van der Waals surface area contributed by atoms with E-state index in [1.54, 1.807) is 18.3 Å². The molecule has 0 unspecified atom stereocenters. The molecule has 5 rings (SSSR count). The highest BCUT2D eigenvalue weighted by molar-refractivity contribution is 7.80. The van der Waals surface area contributed by atoms with E-state index in [9.17, 15) is 10.1 Å². The largest absolute Gasteiger partial charge is 0.459 e. The number of rotatable bonds is 5. The van der Waals surface area contributed by atoms with E-state index in [4.69, 9.17) is 16.6 Å². The zero-order valence-electron chi connectivity index (χ0n) is 17.5. The minimum absolute atomic E-state index is 0.0598. The molecular weight excluding hydrogens is 424 g/mol. The van der Waals surface area contributed by atoms with Crippen molar-refractivity contribution in [1.82, 2.24) is 15.2 Å². The van der Waals surface area contributed by atoms with Gasteiger partial charge >= 0.3 is 0 Å². The second-order valence-electron chi connectivity index (χ2n) is 8.33. The monoisotopic (exact) mass is 448 g/mol. The molecule has 0 amide bonds. The molecule has 0 radical (unpaired) electrons. The van der Waals surface area contributed by atoms with Crippen LogP contribution in [0.1, 0.15) is 55.6 Å². The maximum absolute atomic E-state index is 11.0. The van der Waals surface area contributed by atoms with Crippen molar-refractivity contribution >= 4 is 23.0 Å². The van der Waals surface area contributed by atoms with Crippen LogP contribution >= 0.6 is 12.2 Å². The van der Waals surface area contributed by atoms with Crippen LogP contribution in [-0.4, -0.2) is 26.0 Å². The molecule has 1 aliphatic carbocycles. The summed E-state index contributed by atoms with van der Waals surface area (Å²) in [5, 5.41) is 15.2. The lowest BCUT2D eigenvalue weighted by Gasteiger charge is -2.36. The van der Waals surface area contributed by atoms with Crippen molar-refractivity contribution < 1.29 is 9.34 Å². The third-order valence-electron chi connectivity index (χ3n) is 6.38. The fourth-order valence-corrected chi connectivity index (χ4v) is 5.23. The van der Waals surface area contributed by atoms with Gasteiger partial charge in [0.05, 0.1) is 16.7 Å². The predicted molar refractivity (Wildman–Crippen MR) is 125 cm³/mol. The lowest BCUT2D eigenvalue weighted by molar-refractivity contribution is -0.384. The molecule has 2 atom stereocenters. The Kier molecular flexibility index (Phi) is 5.61. The number of nitro groups is 1. The summed E-state index contributed by atoms with van der Waals surface area (Å²) < 4.78 is 6.34. The van der Waals surface area contributed by atoms with E-state index in [1.807, 2.05) is 30.3 Å². The summed E-state index contributed by atoms with van der Waals surface area (Å²) in [6.45, 7) is 0. The number of benzene rings is 1. The van der Waals surface area contributed by atoms with E-state index < -0.39 is 4.92 Å². The lowest BCUT2D eigenvalue weighted by Crippen LogP contribution is -2.40. The molecule has 1 N–H and O–H groups in total. The first-order valence-electron chi connectivity index (χ1n) is 11.0. The Bertz CT molecular complexity index is 1110. The third kappa shape index (κ3) is 3.86. The van der Waals surface area contributed by atoms with Gasteiger partial charge in [0.2, 0.25) is 0 Å². The second kappa shape index (κ2) is 8.70. The van der Waals surface area contributed by atoms with E-state index in [0.717, 1.165) is 35.0 Å². The van der Waals surface area contributed by atoms with Crippen molar-refractivity contribution in [2.45, 2.75) is 50.2 Å². The zero-order valence-corrected chi connectivity index (χ0v) is 18.3. The zero-order chi connectivity index (χ0) is 22.1. The first kappa shape index (κ1) is 20.6. The molecule has 1 saturated carbocycles. The summed E-state index contributed by atoms with van der Waals surface area (Å²) in [6.07, 6.45) is 7.70. The molecule has 3 aromatic rings. The normalized spacial score (nSPS) is 21.5. The van der Waals surface area contributed by atoms with Gasteiger partial charge in [0, 0.05) is 29.9 Å². The van der Waals surface area contributed by atoms with Gasteiger partial charge in [-0.05, 0) is 61.5 Å². The minimum Gasteiger partial charge on any atom is -0.459 e.